The van der Waals surface area contributed by atoms with Crippen LogP contribution >= 0.6 is 11.3 Å². The number of carbonyl (C=O) groups is 2. The van der Waals surface area contributed by atoms with Crippen molar-refractivity contribution in [2.45, 2.75) is 19.4 Å². The number of fused-ring (bicyclic) bond motifs is 1. The number of hydrogen-bond donors (Lipinski definition) is 2. The molecule has 1 saturated heterocycles. The SMILES string of the molecule is CCC1C(=O)NCCN1C(=O)c1sc2nccnc2c1N. The Morgan fingerprint density at radius 2 is 2.29 bits per heavy atom. The number of nitrogens with one attached hydrogen (secondary N) is 1. The molecule has 0 bridgehead atoms. The highest BCUT2D eigenvalue weighted by Gasteiger charge is 2.34. The lowest BCUT2D eigenvalue weighted by Crippen LogP contribution is -2.56. The molecule has 0 radical (unpaired) electrons. The average molecular weight is 305 g/mol. The summed E-state index contributed by atoms with van der Waals surface area (Å²) in [5, 5.41) is 2.78. The highest BCUT2D eigenvalue weighted by Crippen LogP contribution is 2.32. The maximum atomic E-state index is 12.7. The molecule has 0 spiro atoms. The van der Waals surface area contributed by atoms with Crippen molar-refractivity contribution in [3.8, 4) is 0 Å². The minimum Gasteiger partial charge on any atom is -0.396 e. The fourth-order valence-corrected chi connectivity index (χ4v) is 3.47. The Bertz CT molecular complexity index is 714. The number of hydrogen-bond acceptors (Lipinski definition) is 6. The third-order valence-electron chi connectivity index (χ3n) is 3.54. The Morgan fingerprint density at radius 3 is 3.00 bits per heavy atom. The lowest BCUT2D eigenvalue weighted by atomic mass is 10.1. The summed E-state index contributed by atoms with van der Waals surface area (Å²) in [6.07, 6.45) is 3.68. The van der Waals surface area contributed by atoms with E-state index < -0.39 is 6.04 Å². The number of nitrogens with two attached hydrogens (primary N) is 1. The van der Waals surface area contributed by atoms with Crippen molar-refractivity contribution in [1.29, 1.82) is 0 Å². The molecule has 1 unspecified atom stereocenters. The molecule has 1 fully saturated rings. The van der Waals surface area contributed by atoms with Crippen molar-refractivity contribution >= 4 is 39.2 Å². The summed E-state index contributed by atoms with van der Waals surface area (Å²) in [4.78, 5) is 35.5. The Morgan fingerprint density at radius 1 is 1.52 bits per heavy atom. The molecule has 3 rings (SSSR count). The summed E-state index contributed by atoms with van der Waals surface area (Å²) in [6, 6.07) is -0.447. The molecule has 8 heteroatoms. The first-order valence-electron chi connectivity index (χ1n) is 6.71. The number of aromatic nitrogens is 2. The zero-order valence-electron chi connectivity index (χ0n) is 11.5. The molecule has 1 atom stereocenters. The van der Waals surface area contributed by atoms with E-state index in [-0.39, 0.29) is 11.8 Å². The normalized spacial score (nSPS) is 18.8. The topological polar surface area (TPSA) is 101 Å². The highest BCUT2D eigenvalue weighted by molar-refractivity contribution is 7.21. The van der Waals surface area contributed by atoms with Gasteiger partial charge in [0.2, 0.25) is 5.91 Å². The van der Waals surface area contributed by atoms with Crippen LogP contribution in [0.5, 0.6) is 0 Å². The number of nitrogens with zero attached hydrogens (tertiary/aromatic N) is 3. The van der Waals surface area contributed by atoms with Crippen molar-refractivity contribution in [2.75, 3.05) is 18.8 Å². The van der Waals surface area contributed by atoms with Crippen LogP contribution in [0.3, 0.4) is 0 Å². The van der Waals surface area contributed by atoms with Gasteiger partial charge in [0.15, 0.2) is 0 Å². The van der Waals surface area contributed by atoms with E-state index in [9.17, 15) is 9.59 Å². The molecule has 2 aromatic rings. The number of anilines is 1. The fraction of sp³-hybridized carbons (Fsp3) is 0.385. The first-order chi connectivity index (χ1) is 10.1. The second kappa shape index (κ2) is 5.28. The van der Waals surface area contributed by atoms with Crippen molar-refractivity contribution < 1.29 is 9.59 Å². The van der Waals surface area contributed by atoms with E-state index in [1.165, 1.54) is 11.3 Å². The van der Waals surface area contributed by atoms with Gasteiger partial charge in [-0.1, -0.05) is 6.92 Å². The number of rotatable bonds is 2. The van der Waals surface area contributed by atoms with E-state index in [0.29, 0.717) is 40.4 Å². The van der Waals surface area contributed by atoms with Gasteiger partial charge in [-0.3, -0.25) is 9.59 Å². The van der Waals surface area contributed by atoms with Gasteiger partial charge in [0.1, 0.15) is 21.3 Å². The third kappa shape index (κ3) is 2.21. The number of carbonyl (C=O) groups excluding carboxylic acids is 2. The highest BCUT2D eigenvalue weighted by atomic mass is 32.1. The van der Waals surface area contributed by atoms with Crippen LogP contribution in [0.2, 0.25) is 0 Å². The predicted octanol–water partition coefficient (Wildman–Crippen LogP) is 0.624. The Kier molecular flexibility index (Phi) is 3.46. The molecular formula is C13H15N5O2S. The Hall–Kier alpha value is -2.22. The summed E-state index contributed by atoms with van der Waals surface area (Å²) >= 11 is 1.22. The van der Waals surface area contributed by atoms with E-state index in [1.54, 1.807) is 17.3 Å². The molecule has 2 amide bonds. The van der Waals surface area contributed by atoms with Crippen molar-refractivity contribution in [1.82, 2.24) is 20.2 Å². The molecule has 110 valence electrons. The van der Waals surface area contributed by atoms with E-state index in [2.05, 4.69) is 15.3 Å². The van der Waals surface area contributed by atoms with Crippen LogP contribution in [0.15, 0.2) is 12.4 Å². The van der Waals surface area contributed by atoms with E-state index in [1.807, 2.05) is 6.92 Å². The minimum absolute atomic E-state index is 0.118. The van der Waals surface area contributed by atoms with Crippen molar-refractivity contribution in [3.63, 3.8) is 0 Å². The first-order valence-corrected chi connectivity index (χ1v) is 7.52. The zero-order chi connectivity index (χ0) is 15.0. The summed E-state index contributed by atoms with van der Waals surface area (Å²) in [5.74, 6) is -0.341. The molecule has 0 aromatic carbocycles. The van der Waals surface area contributed by atoms with E-state index in [0.717, 1.165) is 0 Å². The van der Waals surface area contributed by atoms with Crippen LogP contribution in [-0.4, -0.2) is 45.8 Å². The monoisotopic (exact) mass is 305 g/mol. The minimum atomic E-state index is -0.447. The maximum Gasteiger partial charge on any atom is 0.266 e. The van der Waals surface area contributed by atoms with Crippen LogP contribution in [0, 0.1) is 0 Å². The zero-order valence-corrected chi connectivity index (χ0v) is 12.3. The standard InChI is InChI=1S/C13H15N5O2S/c1-2-7-11(19)16-5-6-18(7)13(20)10-8(14)9-12(21-10)17-4-3-15-9/h3-4,7H,2,5-6,14H2,1H3,(H,16,19). The second-order valence-electron chi connectivity index (χ2n) is 4.77. The van der Waals surface area contributed by atoms with Gasteiger partial charge in [-0.2, -0.15) is 0 Å². The van der Waals surface area contributed by atoms with Gasteiger partial charge >= 0.3 is 0 Å². The van der Waals surface area contributed by atoms with Gasteiger partial charge in [-0.05, 0) is 6.42 Å². The van der Waals surface area contributed by atoms with E-state index in [4.69, 9.17) is 5.73 Å². The maximum absolute atomic E-state index is 12.7. The Balaban J connectivity index is 1.99. The molecule has 0 saturated carbocycles. The molecule has 3 heterocycles. The summed E-state index contributed by atoms with van der Waals surface area (Å²) in [6.45, 7) is 2.83. The molecule has 3 N–H and O–H groups in total. The van der Waals surface area contributed by atoms with Crippen molar-refractivity contribution in [2.24, 2.45) is 0 Å². The van der Waals surface area contributed by atoms with Gasteiger partial charge in [0, 0.05) is 25.5 Å². The van der Waals surface area contributed by atoms with Crippen LogP contribution < -0.4 is 11.1 Å². The fourth-order valence-electron chi connectivity index (χ4n) is 2.50. The molecule has 2 aromatic heterocycles. The quantitative estimate of drug-likeness (QED) is 0.847. The van der Waals surface area contributed by atoms with E-state index >= 15 is 0 Å². The Labute approximate surface area is 125 Å². The molecule has 1 aliphatic rings. The van der Waals surface area contributed by atoms with Crippen LogP contribution in [-0.2, 0) is 4.79 Å². The number of nitrogen functional groups attached to an aromatic ring is 1. The number of amides is 2. The van der Waals surface area contributed by atoms with Gasteiger partial charge in [0.25, 0.3) is 5.91 Å². The predicted molar refractivity (Wildman–Crippen MR) is 80.0 cm³/mol. The van der Waals surface area contributed by atoms with Gasteiger partial charge in [-0.15, -0.1) is 11.3 Å². The number of thiophene rings is 1. The van der Waals surface area contributed by atoms with Crippen LogP contribution in [0.1, 0.15) is 23.0 Å². The molecule has 21 heavy (non-hydrogen) atoms. The summed E-state index contributed by atoms with van der Waals surface area (Å²) in [5.41, 5.74) is 6.91. The van der Waals surface area contributed by atoms with Crippen LogP contribution in [0.25, 0.3) is 10.3 Å². The molecule has 7 nitrogen and oxygen atoms in total. The molecule has 1 aliphatic heterocycles. The molecular weight excluding hydrogens is 290 g/mol. The lowest BCUT2D eigenvalue weighted by molar-refractivity contribution is -0.127. The average Bonchev–Trinajstić information content (AvgIpc) is 2.84. The lowest BCUT2D eigenvalue weighted by Gasteiger charge is -2.34. The number of piperazine rings is 1. The van der Waals surface area contributed by atoms with Gasteiger partial charge in [-0.25, -0.2) is 9.97 Å². The first kappa shape index (κ1) is 13.7. The summed E-state index contributed by atoms with van der Waals surface area (Å²) < 4.78 is 0. The third-order valence-corrected chi connectivity index (χ3v) is 4.63. The van der Waals surface area contributed by atoms with Crippen molar-refractivity contribution in [3.05, 3.63) is 17.3 Å². The second-order valence-corrected chi connectivity index (χ2v) is 5.77. The van der Waals surface area contributed by atoms with Crippen LogP contribution in [0.4, 0.5) is 5.69 Å². The molecule has 0 aliphatic carbocycles. The smallest absolute Gasteiger partial charge is 0.266 e. The summed E-state index contributed by atoms with van der Waals surface area (Å²) in [7, 11) is 0. The van der Waals surface area contributed by atoms with Gasteiger partial charge in [0.05, 0.1) is 5.69 Å². The largest absolute Gasteiger partial charge is 0.396 e. The van der Waals surface area contributed by atoms with Gasteiger partial charge < -0.3 is 16.0 Å².